The van der Waals surface area contributed by atoms with Gasteiger partial charge in [-0.05, 0) is 57.9 Å². The molecule has 0 saturated carbocycles. The van der Waals surface area contributed by atoms with Crippen molar-refractivity contribution in [2.75, 3.05) is 18.4 Å². The SMILES string of the molecule is CC(=O)Nc1ccc(SC2CCN(C(=O)OC(C)(C)C)CC2)cc1. The van der Waals surface area contributed by atoms with Crippen LogP contribution in [0.3, 0.4) is 0 Å². The molecule has 0 bridgehead atoms. The number of piperidine rings is 1. The second kappa shape index (κ2) is 7.92. The van der Waals surface area contributed by atoms with Crippen LogP contribution in [0.2, 0.25) is 0 Å². The standard InChI is InChI=1S/C18H26N2O3S/c1-13(21)19-14-5-7-15(8-6-14)24-16-9-11-20(12-10-16)17(22)23-18(2,3)4/h5-8,16H,9-12H2,1-4H3,(H,19,21). The third-order valence-electron chi connectivity index (χ3n) is 3.57. The molecule has 1 heterocycles. The van der Waals surface area contributed by atoms with Gasteiger partial charge in [0.05, 0.1) is 0 Å². The quantitative estimate of drug-likeness (QED) is 0.890. The van der Waals surface area contributed by atoms with Crippen molar-refractivity contribution in [3.63, 3.8) is 0 Å². The van der Waals surface area contributed by atoms with Gasteiger partial charge in [-0.3, -0.25) is 4.79 Å². The lowest BCUT2D eigenvalue weighted by atomic mass is 10.1. The van der Waals surface area contributed by atoms with Crippen LogP contribution in [0.15, 0.2) is 29.2 Å². The van der Waals surface area contributed by atoms with Crippen molar-refractivity contribution in [1.29, 1.82) is 0 Å². The van der Waals surface area contributed by atoms with Gasteiger partial charge in [0.1, 0.15) is 5.60 Å². The van der Waals surface area contributed by atoms with Gasteiger partial charge < -0.3 is 15.0 Å². The number of carbonyl (C=O) groups excluding carboxylic acids is 2. The van der Waals surface area contributed by atoms with Crippen molar-refractivity contribution in [2.45, 2.75) is 56.3 Å². The van der Waals surface area contributed by atoms with Crippen molar-refractivity contribution in [3.05, 3.63) is 24.3 Å². The molecule has 6 heteroatoms. The number of rotatable bonds is 3. The van der Waals surface area contributed by atoms with Crippen molar-refractivity contribution in [2.24, 2.45) is 0 Å². The number of hydrogen-bond acceptors (Lipinski definition) is 4. The molecular weight excluding hydrogens is 324 g/mol. The first-order chi connectivity index (χ1) is 11.2. The lowest BCUT2D eigenvalue weighted by Crippen LogP contribution is -2.42. The smallest absolute Gasteiger partial charge is 0.410 e. The molecule has 1 N–H and O–H groups in total. The van der Waals surface area contributed by atoms with Crippen molar-refractivity contribution in [3.8, 4) is 0 Å². The normalized spacial score (nSPS) is 15.9. The summed E-state index contributed by atoms with van der Waals surface area (Å²) in [6, 6.07) is 7.88. The molecule has 1 fully saturated rings. The number of nitrogens with zero attached hydrogens (tertiary/aromatic N) is 1. The van der Waals surface area contributed by atoms with Gasteiger partial charge in [0.15, 0.2) is 0 Å². The Bertz CT molecular complexity index is 573. The summed E-state index contributed by atoms with van der Waals surface area (Å²) in [5.74, 6) is -0.0649. The minimum Gasteiger partial charge on any atom is -0.444 e. The molecule has 1 saturated heterocycles. The second-order valence-electron chi connectivity index (χ2n) is 6.99. The molecule has 1 aromatic rings. The van der Waals surface area contributed by atoms with Gasteiger partial charge in [0, 0.05) is 35.8 Å². The maximum atomic E-state index is 12.1. The number of hydrogen-bond donors (Lipinski definition) is 1. The van der Waals surface area contributed by atoms with Gasteiger partial charge >= 0.3 is 6.09 Å². The Labute approximate surface area is 148 Å². The fourth-order valence-corrected chi connectivity index (χ4v) is 3.62. The molecule has 0 atom stereocenters. The zero-order valence-corrected chi connectivity index (χ0v) is 15.6. The van der Waals surface area contributed by atoms with Crippen molar-refractivity contribution in [1.82, 2.24) is 4.90 Å². The molecule has 1 aliphatic heterocycles. The molecule has 0 spiro atoms. The summed E-state index contributed by atoms with van der Waals surface area (Å²) in [6.07, 6.45) is 1.69. The van der Waals surface area contributed by atoms with E-state index in [2.05, 4.69) is 5.32 Å². The fourth-order valence-electron chi connectivity index (χ4n) is 2.50. The van der Waals surface area contributed by atoms with Gasteiger partial charge in [-0.2, -0.15) is 0 Å². The average molecular weight is 350 g/mol. The van der Waals surface area contributed by atoms with Crippen molar-refractivity contribution < 1.29 is 14.3 Å². The highest BCUT2D eigenvalue weighted by Crippen LogP contribution is 2.31. The first kappa shape index (κ1) is 18.6. The van der Waals surface area contributed by atoms with Crippen LogP contribution in [0.5, 0.6) is 0 Å². The first-order valence-corrected chi connectivity index (χ1v) is 9.13. The molecule has 0 aliphatic carbocycles. The summed E-state index contributed by atoms with van der Waals surface area (Å²) in [5.41, 5.74) is 0.366. The van der Waals surface area contributed by atoms with Crippen LogP contribution in [0.25, 0.3) is 0 Å². The van der Waals surface area contributed by atoms with E-state index in [0.29, 0.717) is 5.25 Å². The molecule has 5 nitrogen and oxygen atoms in total. The highest BCUT2D eigenvalue weighted by Gasteiger charge is 2.27. The van der Waals surface area contributed by atoms with Gasteiger partial charge in [-0.15, -0.1) is 11.8 Å². The summed E-state index contributed by atoms with van der Waals surface area (Å²) in [5, 5.41) is 3.26. The van der Waals surface area contributed by atoms with E-state index in [0.717, 1.165) is 31.6 Å². The Hall–Kier alpha value is -1.69. The molecule has 0 radical (unpaired) electrons. The van der Waals surface area contributed by atoms with Gasteiger partial charge in [0.25, 0.3) is 0 Å². The zero-order chi connectivity index (χ0) is 17.7. The Morgan fingerprint density at radius 3 is 2.25 bits per heavy atom. The molecule has 2 amide bonds. The van der Waals surface area contributed by atoms with Crippen LogP contribution in [0.1, 0.15) is 40.5 Å². The summed E-state index contributed by atoms with van der Waals surface area (Å²) >= 11 is 1.83. The topological polar surface area (TPSA) is 58.6 Å². The number of anilines is 1. The van der Waals surface area contributed by atoms with Crippen LogP contribution < -0.4 is 5.32 Å². The molecule has 0 unspecified atom stereocenters. The van der Waals surface area contributed by atoms with Gasteiger partial charge in [0.2, 0.25) is 5.91 Å². The second-order valence-corrected chi connectivity index (χ2v) is 8.36. The fraction of sp³-hybridized carbons (Fsp3) is 0.556. The number of likely N-dealkylation sites (tertiary alicyclic amines) is 1. The molecule has 132 valence electrons. The van der Waals surface area contributed by atoms with E-state index >= 15 is 0 Å². The Kier molecular flexibility index (Phi) is 6.15. The van der Waals surface area contributed by atoms with E-state index < -0.39 is 5.60 Å². The van der Waals surface area contributed by atoms with E-state index in [9.17, 15) is 9.59 Å². The monoisotopic (exact) mass is 350 g/mol. The van der Waals surface area contributed by atoms with Gasteiger partial charge in [-0.1, -0.05) is 0 Å². The van der Waals surface area contributed by atoms with Gasteiger partial charge in [-0.25, -0.2) is 4.79 Å². The average Bonchev–Trinajstić information content (AvgIpc) is 2.48. The van der Waals surface area contributed by atoms with Crippen LogP contribution in [-0.4, -0.2) is 40.8 Å². The van der Waals surface area contributed by atoms with E-state index in [1.54, 1.807) is 4.90 Å². The zero-order valence-electron chi connectivity index (χ0n) is 14.8. The molecule has 1 aromatic carbocycles. The number of benzene rings is 1. The van der Waals surface area contributed by atoms with Crippen LogP contribution in [0.4, 0.5) is 10.5 Å². The summed E-state index contributed by atoms with van der Waals surface area (Å²) in [7, 11) is 0. The molecule has 24 heavy (non-hydrogen) atoms. The van der Waals surface area contributed by atoms with E-state index in [4.69, 9.17) is 4.74 Å². The third kappa shape index (κ3) is 6.07. The van der Waals surface area contributed by atoms with E-state index in [-0.39, 0.29) is 12.0 Å². The largest absolute Gasteiger partial charge is 0.444 e. The number of thioether (sulfide) groups is 1. The number of carbonyl (C=O) groups is 2. The first-order valence-electron chi connectivity index (χ1n) is 8.25. The van der Waals surface area contributed by atoms with Crippen molar-refractivity contribution >= 4 is 29.4 Å². The molecular formula is C18H26N2O3S. The predicted octanol–water partition coefficient (Wildman–Crippen LogP) is 4.14. The highest BCUT2D eigenvalue weighted by molar-refractivity contribution is 8.00. The Morgan fingerprint density at radius 2 is 1.75 bits per heavy atom. The lowest BCUT2D eigenvalue weighted by Gasteiger charge is -2.33. The number of amides is 2. The number of ether oxygens (including phenoxy) is 1. The lowest BCUT2D eigenvalue weighted by molar-refractivity contribution is -0.114. The highest BCUT2D eigenvalue weighted by atomic mass is 32.2. The summed E-state index contributed by atoms with van der Waals surface area (Å²) < 4.78 is 5.42. The van der Waals surface area contributed by atoms with E-state index in [1.807, 2.05) is 56.8 Å². The Morgan fingerprint density at radius 1 is 1.17 bits per heavy atom. The van der Waals surface area contributed by atoms with E-state index in [1.165, 1.54) is 11.8 Å². The maximum absolute atomic E-state index is 12.1. The predicted molar refractivity (Wildman–Crippen MR) is 97.4 cm³/mol. The minimum absolute atomic E-state index is 0.0649. The third-order valence-corrected chi connectivity index (χ3v) is 4.92. The number of nitrogens with one attached hydrogen (secondary N) is 1. The Balaban J connectivity index is 1.80. The summed E-state index contributed by atoms with van der Waals surface area (Å²) in [4.78, 5) is 26.1. The molecule has 2 rings (SSSR count). The van der Waals surface area contributed by atoms with Crippen LogP contribution in [-0.2, 0) is 9.53 Å². The van der Waals surface area contributed by atoms with Crippen LogP contribution in [0, 0.1) is 0 Å². The van der Waals surface area contributed by atoms with Crippen LogP contribution >= 0.6 is 11.8 Å². The summed E-state index contributed by atoms with van der Waals surface area (Å²) in [6.45, 7) is 8.63. The maximum Gasteiger partial charge on any atom is 0.410 e. The molecule has 1 aliphatic rings. The minimum atomic E-state index is -0.446. The molecule has 0 aromatic heterocycles.